The van der Waals surface area contributed by atoms with Crippen molar-refractivity contribution in [2.75, 3.05) is 0 Å². The average Bonchev–Trinajstić information content (AvgIpc) is 2.31. The van der Waals surface area contributed by atoms with Crippen LogP contribution in [0.15, 0.2) is 59.2 Å². The number of carbonyl (C=O) groups is 1. The summed E-state index contributed by atoms with van der Waals surface area (Å²) in [7, 11) is 1.84. The maximum Gasteiger partial charge on any atom is 0.245 e. The predicted molar refractivity (Wildman–Crippen MR) is 67.1 cm³/mol. The Morgan fingerprint density at radius 3 is 2.00 bits per heavy atom. The molecule has 0 saturated carbocycles. The number of aromatic nitrogens is 1. The Kier molecular flexibility index (Phi) is 8.54. The van der Waals surface area contributed by atoms with Crippen LogP contribution in [0, 0.1) is 0 Å². The van der Waals surface area contributed by atoms with Crippen LogP contribution in [0.3, 0.4) is 0 Å². The van der Waals surface area contributed by atoms with Crippen molar-refractivity contribution in [1.82, 2.24) is 0 Å². The highest BCUT2D eigenvalue weighted by Gasteiger charge is 1.98. The Morgan fingerprint density at radius 1 is 1.06 bits per heavy atom. The van der Waals surface area contributed by atoms with E-state index in [9.17, 15) is 4.79 Å². The number of hydrogen-bond donors (Lipinski definition) is 0. The fourth-order valence-electron chi connectivity index (χ4n) is 1.07. The first-order valence-electron chi connectivity index (χ1n) is 4.84. The molecule has 0 aliphatic carbocycles. The van der Waals surface area contributed by atoms with Crippen molar-refractivity contribution in [2.24, 2.45) is 7.05 Å². The summed E-state index contributed by atoms with van der Waals surface area (Å²) in [5.41, 5.74) is 0.692. The van der Waals surface area contributed by atoms with Gasteiger partial charge in [-0.1, -0.05) is 34.1 Å². The maximum absolute atomic E-state index is 10.2. The van der Waals surface area contributed by atoms with Gasteiger partial charge in [-0.15, -0.1) is 0 Å². The Morgan fingerprint density at radius 2 is 1.65 bits per heavy atom. The predicted octanol–water partition coefficient (Wildman–Crippen LogP) is -0.223. The van der Waals surface area contributed by atoms with Crippen LogP contribution in [0.2, 0.25) is 0 Å². The van der Waals surface area contributed by atoms with E-state index in [-0.39, 0.29) is 17.0 Å². The number of carbonyl (C=O) groups excluding carboxylic acids is 1. The quantitative estimate of drug-likeness (QED) is 0.510. The minimum absolute atomic E-state index is 0. The van der Waals surface area contributed by atoms with Gasteiger partial charge in [-0.05, 0) is 18.2 Å². The molecular formula is C13H13Br2NO. The number of aldehydes is 1. The van der Waals surface area contributed by atoms with Gasteiger partial charge in [0.2, 0.25) is 12.0 Å². The molecule has 0 N–H and O–H groups in total. The zero-order chi connectivity index (χ0) is 11.8. The fraction of sp³-hybridized carbons (Fsp3) is 0.0769. The molecule has 0 spiro atoms. The number of halogens is 2. The third-order valence-corrected chi connectivity index (χ3v) is 2.48. The molecule has 2 aromatic rings. The lowest BCUT2D eigenvalue weighted by Gasteiger charge is -1.86. The molecule has 90 valence electrons. The molecule has 1 aromatic carbocycles. The number of rotatable bonds is 1. The minimum atomic E-state index is 0. The lowest BCUT2D eigenvalue weighted by Crippen LogP contribution is -3.00. The van der Waals surface area contributed by atoms with Crippen molar-refractivity contribution in [1.29, 1.82) is 0 Å². The molecule has 17 heavy (non-hydrogen) atoms. The molecule has 0 aliphatic rings. The monoisotopic (exact) mass is 357 g/mol. The molecule has 0 aliphatic heterocycles. The van der Waals surface area contributed by atoms with Gasteiger partial charge in [0, 0.05) is 16.6 Å². The molecule has 2 rings (SSSR count). The number of aryl methyl sites for hydroxylation is 1. The smallest absolute Gasteiger partial charge is 0.245 e. The highest BCUT2D eigenvalue weighted by Crippen LogP contribution is 2.05. The fourth-order valence-corrected chi connectivity index (χ4v) is 1.38. The largest absolute Gasteiger partial charge is 1.00 e. The highest BCUT2D eigenvalue weighted by atomic mass is 79.9. The van der Waals surface area contributed by atoms with Gasteiger partial charge in [-0.25, -0.2) is 0 Å². The molecule has 1 heterocycles. The number of nitrogens with zero attached hydrogens (tertiary/aromatic N) is 1. The van der Waals surface area contributed by atoms with E-state index in [1.165, 1.54) is 0 Å². The summed E-state index contributed by atoms with van der Waals surface area (Å²) in [5, 5.41) is 0. The summed E-state index contributed by atoms with van der Waals surface area (Å²) >= 11 is 3.31. The van der Waals surface area contributed by atoms with E-state index < -0.39 is 0 Å². The average molecular weight is 359 g/mol. The van der Waals surface area contributed by atoms with Crippen molar-refractivity contribution in [3.05, 3.63) is 64.9 Å². The van der Waals surface area contributed by atoms with Crippen LogP contribution in [-0.2, 0) is 7.05 Å². The topological polar surface area (TPSA) is 20.9 Å². The van der Waals surface area contributed by atoms with E-state index in [1.807, 2.05) is 55.7 Å². The Balaban J connectivity index is 0.000000292. The Labute approximate surface area is 120 Å². The molecule has 0 saturated heterocycles. The van der Waals surface area contributed by atoms with Crippen molar-refractivity contribution < 1.29 is 26.3 Å². The van der Waals surface area contributed by atoms with Crippen molar-refractivity contribution in [3.8, 4) is 0 Å². The van der Waals surface area contributed by atoms with Crippen molar-refractivity contribution in [3.63, 3.8) is 0 Å². The zero-order valence-corrected chi connectivity index (χ0v) is 12.6. The van der Waals surface area contributed by atoms with Gasteiger partial charge in [-0.3, -0.25) is 4.79 Å². The standard InChI is InChI=1S/C7H8NO.C6H5Br.BrH/c1-8-5-3-2-4-7(8)6-9;7-6-4-2-1-3-5-6;/h2-6H,1H3;1-5H;1H/q+1;;/p-1. The second-order valence-corrected chi connectivity index (χ2v) is 4.07. The number of hydrogen-bond acceptors (Lipinski definition) is 1. The summed E-state index contributed by atoms with van der Waals surface area (Å²) in [6, 6.07) is 15.5. The Hall–Kier alpha value is -1.000. The van der Waals surface area contributed by atoms with E-state index in [2.05, 4.69) is 15.9 Å². The number of pyridine rings is 1. The first-order chi connectivity index (χ1) is 7.74. The van der Waals surface area contributed by atoms with Gasteiger partial charge in [0.25, 0.3) is 0 Å². The molecular weight excluding hydrogens is 346 g/mol. The summed E-state index contributed by atoms with van der Waals surface area (Å²) in [6.07, 6.45) is 2.67. The summed E-state index contributed by atoms with van der Waals surface area (Å²) in [6.45, 7) is 0. The molecule has 0 amide bonds. The molecule has 0 bridgehead atoms. The van der Waals surface area contributed by atoms with Crippen LogP contribution in [0.4, 0.5) is 0 Å². The first kappa shape index (κ1) is 16.0. The van der Waals surface area contributed by atoms with Crippen molar-refractivity contribution >= 4 is 22.2 Å². The summed E-state index contributed by atoms with van der Waals surface area (Å²) in [5.74, 6) is 0. The molecule has 0 radical (unpaired) electrons. The molecule has 0 fully saturated rings. The SMILES string of the molecule is Brc1ccccc1.C[n+]1ccccc1C=O.[Br-]. The molecule has 0 atom stereocenters. The molecule has 1 aromatic heterocycles. The number of benzene rings is 1. The lowest BCUT2D eigenvalue weighted by atomic mass is 10.4. The second kappa shape index (κ2) is 9.07. The van der Waals surface area contributed by atoms with E-state index in [4.69, 9.17) is 0 Å². The zero-order valence-electron chi connectivity index (χ0n) is 9.38. The maximum atomic E-state index is 10.2. The van der Waals surface area contributed by atoms with Crippen LogP contribution in [0.25, 0.3) is 0 Å². The molecule has 4 heteroatoms. The van der Waals surface area contributed by atoms with Crippen molar-refractivity contribution in [2.45, 2.75) is 0 Å². The van der Waals surface area contributed by atoms with Gasteiger partial charge in [0.1, 0.15) is 7.05 Å². The van der Waals surface area contributed by atoms with Crippen LogP contribution < -0.4 is 21.5 Å². The normalized spacial score (nSPS) is 8.35. The highest BCUT2D eigenvalue weighted by molar-refractivity contribution is 9.10. The summed E-state index contributed by atoms with van der Waals surface area (Å²) < 4.78 is 2.91. The lowest BCUT2D eigenvalue weighted by molar-refractivity contribution is -0.672. The van der Waals surface area contributed by atoms with Crippen LogP contribution in [0.1, 0.15) is 10.5 Å². The molecule has 2 nitrogen and oxygen atoms in total. The van der Waals surface area contributed by atoms with E-state index >= 15 is 0 Å². The first-order valence-corrected chi connectivity index (χ1v) is 5.63. The minimum Gasteiger partial charge on any atom is -1.00 e. The van der Waals surface area contributed by atoms with Gasteiger partial charge in [-0.2, -0.15) is 4.57 Å². The van der Waals surface area contributed by atoms with Crippen LogP contribution in [0.5, 0.6) is 0 Å². The van der Waals surface area contributed by atoms with Crippen LogP contribution >= 0.6 is 15.9 Å². The third kappa shape index (κ3) is 6.34. The molecule has 0 unspecified atom stereocenters. The van der Waals surface area contributed by atoms with Gasteiger partial charge >= 0.3 is 0 Å². The summed E-state index contributed by atoms with van der Waals surface area (Å²) in [4.78, 5) is 10.2. The second-order valence-electron chi connectivity index (χ2n) is 3.15. The van der Waals surface area contributed by atoms with Gasteiger partial charge < -0.3 is 17.0 Å². The van der Waals surface area contributed by atoms with Crippen LogP contribution in [-0.4, -0.2) is 6.29 Å². The Bertz CT molecular complexity index is 446. The van der Waals surface area contributed by atoms with E-state index in [1.54, 1.807) is 10.6 Å². The van der Waals surface area contributed by atoms with Gasteiger partial charge in [0.15, 0.2) is 6.20 Å². The van der Waals surface area contributed by atoms with E-state index in [0.29, 0.717) is 5.69 Å². The van der Waals surface area contributed by atoms with Gasteiger partial charge in [0.05, 0.1) is 0 Å². The van der Waals surface area contributed by atoms with E-state index in [0.717, 1.165) is 10.8 Å². The third-order valence-electron chi connectivity index (χ3n) is 1.95.